The fourth-order valence-corrected chi connectivity index (χ4v) is 2.67. The van der Waals surface area contributed by atoms with Crippen LogP contribution in [0, 0.1) is 13.8 Å². The molecule has 0 aliphatic rings. The predicted molar refractivity (Wildman–Crippen MR) is 68.7 cm³/mol. The molecule has 0 spiro atoms. The second-order valence-corrected chi connectivity index (χ2v) is 5.31. The first-order valence-electron chi connectivity index (χ1n) is 5.22. The van der Waals surface area contributed by atoms with Gasteiger partial charge in [-0.3, -0.25) is 10.6 Å². The van der Waals surface area contributed by atoms with Crippen molar-refractivity contribution in [2.75, 3.05) is 10.6 Å². The SMILES string of the molecule is Cc1c(NC(=O)Nc2sn[n+](C)c2C)sn[n+]1C. The van der Waals surface area contributed by atoms with Crippen molar-refractivity contribution in [2.45, 2.75) is 13.8 Å². The van der Waals surface area contributed by atoms with E-state index in [-0.39, 0.29) is 6.03 Å². The molecule has 2 rings (SSSR count). The molecule has 0 aliphatic heterocycles. The van der Waals surface area contributed by atoms with E-state index in [0.717, 1.165) is 21.4 Å². The summed E-state index contributed by atoms with van der Waals surface area (Å²) >= 11 is 2.50. The quantitative estimate of drug-likeness (QED) is 0.790. The van der Waals surface area contributed by atoms with Gasteiger partial charge in [-0.2, -0.15) is 0 Å². The first-order valence-corrected chi connectivity index (χ1v) is 6.77. The second-order valence-electron chi connectivity index (χ2n) is 3.80. The van der Waals surface area contributed by atoms with Gasteiger partial charge in [-0.1, -0.05) is 9.36 Å². The van der Waals surface area contributed by atoms with Gasteiger partial charge < -0.3 is 0 Å². The van der Waals surface area contributed by atoms with Crippen molar-refractivity contribution >= 4 is 39.1 Å². The molecule has 0 bridgehead atoms. The minimum Gasteiger partial charge on any atom is -0.292 e. The second kappa shape index (κ2) is 4.94. The van der Waals surface area contributed by atoms with E-state index in [0.29, 0.717) is 0 Å². The van der Waals surface area contributed by atoms with Gasteiger partial charge in [0.25, 0.3) is 0 Å². The highest BCUT2D eigenvalue weighted by Gasteiger charge is 2.19. The van der Waals surface area contributed by atoms with Gasteiger partial charge in [-0.05, 0) is 0 Å². The average Bonchev–Trinajstić information content (AvgIpc) is 2.80. The first kappa shape index (κ1) is 12.8. The minimum atomic E-state index is -0.283. The standard InChI is InChI=1S/C9H13N6OS2/c1-5-7(17-12-14(5)3)10-9(16)11-8-6(2)15(4)13-18-8/h1-4H3,(H-,10,11,12,13,16)/q+1/p+1. The lowest BCUT2D eigenvalue weighted by atomic mass is 10.5. The molecule has 18 heavy (non-hydrogen) atoms. The molecule has 0 aliphatic carbocycles. The zero-order chi connectivity index (χ0) is 13.3. The lowest BCUT2D eigenvalue weighted by Gasteiger charge is -2.00. The molecular formula is C9H14N6OS2+2. The number of nitrogens with zero attached hydrogens (tertiary/aromatic N) is 4. The van der Waals surface area contributed by atoms with Crippen LogP contribution in [0.5, 0.6) is 0 Å². The number of amides is 2. The van der Waals surface area contributed by atoms with Gasteiger partial charge in [0, 0.05) is 13.8 Å². The molecule has 0 saturated carbocycles. The van der Waals surface area contributed by atoms with Gasteiger partial charge in [-0.25, -0.2) is 4.79 Å². The van der Waals surface area contributed by atoms with Gasteiger partial charge in [0.15, 0.2) is 24.1 Å². The summed E-state index contributed by atoms with van der Waals surface area (Å²) in [4.78, 5) is 11.8. The van der Waals surface area contributed by atoms with Crippen LogP contribution in [-0.4, -0.2) is 15.0 Å². The summed E-state index contributed by atoms with van der Waals surface area (Å²) in [6.45, 7) is 3.80. The molecular weight excluding hydrogens is 272 g/mol. The number of carbonyl (C=O) groups is 1. The number of anilines is 2. The Morgan fingerprint density at radius 1 is 1.00 bits per heavy atom. The van der Waals surface area contributed by atoms with E-state index in [4.69, 9.17) is 0 Å². The summed E-state index contributed by atoms with van der Waals surface area (Å²) in [5.74, 6) is 0. The fraction of sp³-hybridized carbons (Fsp3) is 0.444. The number of urea groups is 1. The van der Waals surface area contributed by atoms with E-state index in [2.05, 4.69) is 19.6 Å². The summed E-state index contributed by atoms with van der Waals surface area (Å²) in [6.07, 6.45) is 0. The van der Waals surface area contributed by atoms with E-state index in [1.54, 1.807) is 9.36 Å². The molecule has 9 heteroatoms. The Morgan fingerprint density at radius 2 is 1.39 bits per heavy atom. The highest BCUT2D eigenvalue weighted by Crippen LogP contribution is 2.17. The highest BCUT2D eigenvalue weighted by atomic mass is 32.1. The Morgan fingerprint density at radius 3 is 1.67 bits per heavy atom. The molecule has 0 aromatic carbocycles. The van der Waals surface area contributed by atoms with Gasteiger partial charge >= 0.3 is 6.03 Å². The van der Waals surface area contributed by atoms with Crippen LogP contribution < -0.4 is 20.0 Å². The maximum absolute atomic E-state index is 11.8. The van der Waals surface area contributed by atoms with Crippen LogP contribution in [0.3, 0.4) is 0 Å². The lowest BCUT2D eigenvalue weighted by Crippen LogP contribution is -2.33. The monoisotopic (exact) mass is 286 g/mol. The summed E-state index contributed by atoms with van der Waals surface area (Å²) < 4.78 is 11.6. The molecule has 96 valence electrons. The van der Waals surface area contributed by atoms with E-state index in [1.807, 2.05) is 27.9 Å². The maximum atomic E-state index is 11.8. The van der Waals surface area contributed by atoms with E-state index < -0.39 is 0 Å². The Balaban J connectivity index is 2.05. The van der Waals surface area contributed by atoms with Gasteiger partial charge in [-0.15, -0.1) is 0 Å². The molecule has 0 radical (unpaired) electrons. The number of hydrogen-bond acceptors (Lipinski definition) is 5. The number of rotatable bonds is 2. The highest BCUT2D eigenvalue weighted by molar-refractivity contribution is 7.10. The first-order chi connectivity index (χ1) is 8.49. The zero-order valence-electron chi connectivity index (χ0n) is 10.5. The normalized spacial score (nSPS) is 10.4. The number of aromatic nitrogens is 4. The van der Waals surface area contributed by atoms with Crippen LogP contribution >= 0.6 is 23.1 Å². The third-order valence-electron chi connectivity index (χ3n) is 2.59. The van der Waals surface area contributed by atoms with Crippen molar-refractivity contribution < 1.29 is 14.2 Å². The van der Waals surface area contributed by atoms with E-state index in [9.17, 15) is 4.79 Å². The van der Waals surface area contributed by atoms with E-state index in [1.165, 1.54) is 23.1 Å². The van der Waals surface area contributed by atoms with Gasteiger partial charge in [0.2, 0.25) is 11.4 Å². The Bertz CT molecular complexity index is 540. The van der Waals surface area contributed by atoms with Crippen molar-refractivity contribution in [1.82, 2.24) is 8.98 Å². The Labute approximate surface area is 112 Å². The van der Waals surface area contributed by atoms with Crippen LogP contribution in [0.2, 0.25) is 0 Å². The minimum absolute atomic E-state index is 0.283. The molecule has 0 saturated heterocycles. The molecule has 2 amide bonds. The summed E-state index contributed by atoms with van der Waals surface area (Å²) in [5.41, 5.74) is 1.84. The fourth-order valence-electron chi connectivity index (χ4n) is 1.22. The van der Waals surface area contributed by atoms with Crippen molar-refractivity contribution in [1.29, 1.82) is 0 Å². The predicted octanol–water partition coefficient (Wildman–Crippen LogP) is 0.509. The molecule has 7 nitrogen and oxygen atoms in total. The topological polar surface area (TPSA) is 74.7 Å². The van der Waals surface area contributed by atoms with Crippen LogP contribution in [0.1, 0.15) is 11.4 Å². The maximum Gasteiger partial charge on any atom is 0.325 e. The molecule has 0 atom stereocenters. The molecule has 0 unspecified atom stereocenters. The third kappa shape index (κ3) is 2.46. The Kier molecular flexibility index (Phi) is 3.53. The molecule has 2 N–H and O–H groups in total. The molecule has 2 aromatic heterocycles. The van der Waals surface area contributed by atoms with Gasteiger partial charge in [0.05, 0.1) is 32.0 Å². The molecule has 2 aromatic rings. The molecule has 2 heterocycles. The number of hydrogen-bond donors (Lipinski definition) is 2. The van der Waals surface area contributed by atoms with Crippen LogP contribution in [0.4, 0.5) is 14.8 Å². The molecule has 0 fully saturated rings. The summed E-state index contributed by atoms with van der Waals surface area (Å²) in [6, 6.07) is -0.283. The summed E-state index contributed by atoms with van der Waals surface area (Å²) in [7, 11) is 3.67. The third-order valence-corrected chi connectivity index (χ3v) is 4.40. The number of aryl methyl sites for hydroxylation is 2. The van der Waals surface area contributed by atoms with E-state index >= 15 is 0 Å². The average molecular weight is 286 g/mol. The van der Waals surface area contributed by atoms with Crippen molar-refractivity contribution in [3.8, 4) is 0 Å². The van der Waals surface area contributed by atoms with Crippen LogP contribution in [-0.2, 0) is 14.1 Å². The van der Waals surface area contributed by atoms with Crippen molar-refractivity contribution in [2.24, 2.45) is 14.1 Å². The van der Waals surface area contributed by atoms with Gasteiger partial charge in [0.1, 0.15) is 0 Å². The number of carbonyl (C=O) groups excluding carboxylic acids is 1. The van der Waals surface area contributed by atoms with Crippen molar-refractivity contribution in [3.63, 3.8) is 0 Å². The van der Waals surface area contributed by atoms with Crippen LogP contribution in [0.25, 0.3) is 0 Å². The smallest absolute Gasteiger partial charge is 0.292 e. The Hall–Kier alpha value is -1.61. The lowest BCUT2D eigenvalue weighted by molar-refractivity contribution is -0.728. The summed E-state index contributed by atoms with van der Waals surface area (Å²) in [5, 5.41) is 7.02. The van der Waals surface area contributed by atoms with Crippen LogP contribution in [0.15, 0.2) is 0 Å². The van der Waals surface area contributed by atoms with Crippen molar-refractivity contribution in [3.05, 3.63) is 11.4 Å². The zero-order valence-corrected chi connectivity index (χ0v) is 12.1. The number of nitrogens with one attached hydrogen (secondary N) is 2. The largest absolute Gasteiger partial charge is 0.325 e.